The summed E-state index contributed by atoms with van der Waals surface area (Å²) >= 11 is 0. The van der Waals surface area contributed by atoms with Gasteiger partial charge in [0, 0.05) is 30.0 Å². The summed E-state index contributed by atoms with van der Waals surface area (Å²) < 4.78 is 71.8. The van der Waals surface area contributed by atoms with E-state index in [0.29, 0.717) is 31.4 Å². The molecule has 2 amide bonds. The van der Waals surface area contributed by atoms with Crippen molar-refractivity contribution in [2.75, 3.05) is 11.9 Å². The van der Waals surface area contributed by atoms with Crippen LogP contribution in [0.4, 0.5) is 32.4 Å². The Balaban J connectivity index is 1.28. The predicted octanol–water partition coefficient (Wildman–Crippen LogP) is 8.35. The lowest BCUT2D eigenvalue weighted by Gasteiger charge is -2.56. The van der Waals surface area contributed by atoms with Crippen molar-refractivity contribution in [1.29, 1.82) is 0 Å². The molecule has 0 bridgehead atoms. The molecule has 6 rings (SSSR count). The molecule has 244 valence electrons. The highest BCUT2D eigenvalue weighted by Gasteiger charge is 2.79. The van der Waals surface area contributed by atoms with E-state index in [1.165, 1.54) is 6.92 Å². The normalized spacial score (nSPS) is 29.6. The van der Waals surface area contributed by atoms with Gasteiger partial charge in [-0.3, -0.25) is 4.79 Å². The van der Waals surface area contributed by atoms with Gasteiger partial charge in [-0.2, -0.15) is 22.0 Å². The molecule has 0 saturated heterocycles. The highest BCUT2D eigenvalue weighted by molar-refractivity contribution is 5.93. The van der Waals surface area contributed by atoms with Crippen LogP contribution in [0, 0.1) is 17.3 Å². The minimum Gasteiger partial charge on any atom is -0.383 e. The van der Waals surface area contributed by atoms with Gasteiger partial charge in [-0.15, -0.1) is 0 Å². The Labute approximate surface area is 264 Å². The fraction of sp³-hybridized carbons (Fsp3) is 0.444. The SMILES string of the molecule is C[C@]12C[C@H](c3ccc(/C=C/CNC(=O)Nc4ccccc4)cc3)C3=C4CCC(=O)C=C4CC[C@H]3[C@@H]1CC[C@@]2(O)C(F)(F)C(F)(F)F. The van der Waals surface area contributed by atoms with E-state index in [1.807, 2.05) is 48.5 Å². The minimum absolute atomic E-state index is 0.0400. The van der Waals surface area contributed by atoms with Crippen molar-refractivity contribution in [3.63, 3.8) is 0 Å². The van der Waals surface area contributed by atoms with Crippen molar-refractivity contribution in [3.8, 4) is 0 Å². The Kier molecular flexibility index (Phi) is 8.24. The number of amides is 2. The number of benzene rings is 2. The third-order valence-corrected chi connectivity index (χ3v) is 10.8. The number of nitrogens with one attached hydrogen (secondary N) is 2. The van der Waals surface area contributed by atoms with Crippen LogP contribution in [-0.4, -0.2) is 41.2 Å². The number of aliphatic hydroxyl groups is 1. The largest absolute Gasteiger partial charge is 0.456 e. The molecule has 0 heterocycles. The number of alkyl halides is 5. The molecule has 5 atom stereocenters. The van der Waals surface area contributed by atoms with Crippen molar-refractivity contribution in [2.24, 2.45) is 17.3 Å². The van der Waals surface area contributed by atoms with Gasteiger partial charge in [0.15, 0.2) is 5.78 Å². The first-order valence-corrected chi connectivity index (χ1v) is 15.8. The summed E-state index contributed by atoms with van der Waals surface area (Å²) in [6.45, 7) is 1.69. The molecule has 0 spiro atoms. The van der Waals surface area contributed by atoms with E-state index in [4.69, 9.17) is 0 Å². The second-order valence-corrected chi connectivity index (χ2v) is 13.2. The number of allylic oxidation sites excluding steroid dienone is 4. The average Bonchev–Trinajstić information content (AvgIpc) is 3.30. The van der Waals surface area contributed by atoms with Crippen molar-refractivity contribution in [2.45, 2.75) is 75.5 Å². The summed E-state index contributed by atoms with van der Waals surface area (Å²) in [5.41, 5.74) is 0.325. The van der Waals surface area contributed by atoms with E-state index in [1.54, 1.807) is 24.3 Å². The number of rotatable bonds is 6. The fourth-order valence-corrected chi connectivity index (χ4v) is 8.60. The smallest absolute Gasteiger partial charge is 0.383 e. The second kappa shape index (κ2) is 11.8. The van der Waals surface area contributed by atoms with Crippen molar-refractivity contribution in [1.82, 2.24) is 5.32 Å². The van der Waals surface area contributed by atoms with Gasteiger partial charge in [-0.1, -0.05) is 67.1 Å². The first-order valence-electron chi connectivity index (χ1n) is 15.8. The van der Waals surface area contributed by atoms with Gasteiger partial charge in [0.2, 0.25) is 0 Å². The van der Waals surface area contributed by atoms with E-state index in [-0.39, 0.29) is 37.1 Å². The zero-order valence-electron chi connectivity index (χ0n) is 25.5. The van der Waals surface area contributed by atoms with E-state index in [9.17, 15) is 27.9 Å². The highest BCUT2D eigenvalue weighted by Crippen LogP contribution is 2.70. The van der Waals surface area contributed by atoms with E-state index >= 15 is 8.78 Å². The van der Waals surface area contributed by atoms with Gasteiger partial charge in [-0.05, 0) is 90.8 Å². The Bertz CT molecular complexity index is 1600. The van der Waals surface area contributed by atoms with Crippen LogP contribution in [0.5, 0.6) is 0 Å². The Morgan fingerprint density at radius 3 is 2.41 bits per heavy atom. The summed E-state index contributed by atoms with van der Waals surface area (Å²) in [6, 6.07) is 16.1. The van der Waals surface area contributed by atoms with Crippen molar-refractivity contribution < 1.29 is 36.6 Å². The molecule has 46 heavy (non-hydrogen) atoms. The van der Waals surface area contributed by atoms with Crippen LogP contribution in [-0.2, 0) is 4.79 Å². The number of halogens is 5. The molecular formula is C36H37F5N2O3. The first kappa shape index (κ1) is 32.2. The fourth-order valence-electron chi connectivity index (χ4n) is 8.60. The molecule has 10 heteroatoms. The van der Waals surface area contributed by atoms with Gasteiger partial charge in [0.05, 0.1) is 0 Å². The van der Waals surface area contributed by atoms with Gasteiger partial charge < -0.3 is 15.7 Å². The molecule has 4 aliphatic carbocycles. The van der Waals surface area contributed by atoms with Crippen molar-refractivity contribution >= 4 is 23.6 Å². The molecule has 2 aromatic carbocycles. The predicted molar refractivity (Wildman–Crippen MR) is 165 cm³/mol. The third-order valence-electron chi connectivity index (χ3n) is 10.8. The number of urea groups is 1. The summed E-state index contributed by atoms with van der Waals surface area (Å²) in [7, 11) is 0. The van der Waals surface area contributed by atoms with Crippen LogP contribution in [0.3, 0.4) is 0 Å². The van der Waals surface area contributed by atoms with Gasteiger partial charge >= 0.3 is 18.1 Å². The summed E-state index contributed by atoms with van der Waals surface area (Å²) in [6.07, 6.45) is 0.713. The Morgan fingerprint density at radius 1 is 1.00 bits per heavy atom. The Morgan fingerprint density at radius 2 is 1.72 bits per heavy atom. The van der Waals surface area contributed by atoms with Crippen LogP contribution in [0.15, 0.2) is 83.5 Å². The molecule has 2 fully saturated rings. The molecule has 3 N–H and O–H groups in total. The minimum atomic E-state index is -5.88. The van der Waals surface area contributed by atoms with E-state index in [2.05, 4.69) is 10.6 Å². The van der Waals surface area contributed by atoms with Crippen LogP contribution in [0.2, 0.25) is 0 Å². The first-order chi connectivity index (χ1) is 21.7. The third kappa shape index (κ3) is 5.38. The standard InChI is InChI=1S/C36H37F5N2O3/c1-33-21-29(23-11-9-22(10-12-23)6-5-19-42-32(45)43-25-7-3-2-4-8-25)31-27-16-14-26(44)20-24(27)13-15-28(31)30(33)17-18-34(33,46)35(37,38)36(39,40)41/h2-12,20,28-30,46H,13-19,21H2,1H3,(H2,42,43,45)/b6-5+/t28-,29+,30-,33-,34-/m0/s1. The maximum atomic E-state index is 15.2. The lowest BCUT2D eigenvalue weighted by molar-refractivity contribution is -0.362. The maximum Gasteiger partial charge on any atom is 0.456 e. The summed E-state index contributed by atoms with van der Waals surface area (Å²) in [5, 5.41) is 16.9. The zero-order valence-corrected chi connectivity index (χ0v) is 25.5. The number of hydrogen-bond acceptors (Lipinski definition) is 3. The van der Waals surface area contributed by atoms with Crippen molar-refractivity contribution in [3.05, 3.63) is 94.6 Å². The number of anilines is 1. The monoisotopic (exact) mass is 640 g/mol. The molecule has 0 radical (unpaired) electrons. The number of fused-ring (bicyclic) bond motifs is 4. The number of hydrogen-bond donors (Lipinski definition) is 3. The lowest BCUT2D eigenvalue weighted by atomic mass is 9.50. The van der Waals surface area contributed by atoms with Gasteiger partial charge in [0.1, 0.15) is 5.60 Å². The molecule has 5 nitrogen and oxygen atoms in total. The topological polar surface area (TPSA) is 78.4 Å². The zero-order chi connectivity index (χ0) is 32.9. The molecule has 0 aliphatic heterocycles. The molecule has 0 unspecified atom stereocenters. The summed E-state index contributed by atoms with van der Waals surface area (Å²) in [4.78, 5) is 24.4. The number of carbonyl (C=O) groups is 2. The van der Waals surface area contributed by atoms with Crippen LogP contribution in [0.25, 0.3) is 6.08 Å². The number of ketones is 1. The van der Waals surface area contributed by atoms with E-state index < -0.39 is 41.4 Å². The molecule has 4 aliphatic rings. The molecule has 2 aromatic rings. The maximum absolute atomic E-state index is 15.2. The average molecular weight is 641 g/mol. The quantitative estimate of drug-likeness (QED) is 0.278. The molecule has 2 saturated carbocycles. The van der Waals surface area contributed by atoms with Gasteiger partial charge in [-0.25, -0.2) is 4.79 Å². The summed E-state index contributed by atoms with van der Waals surface area (Å²) in [5.74, 6) is -6.53. The molecular weight excluding hydrogens is 603 g/mol. The van der Waals surface area contributed by atoms with Gasteiger partial charge in [0.25, 0.3) is 0 Å². The van der Waals surface area contributed by atoms with E-state index in [0.717, 1.165) is 27.8 Å². The van der Waals surface area contributed by atoms with Crippen LogP contribution < -0.4 is 10.6 Å². The second-order valence-electron chi connectivity index (χ2n) is 13.2. The van der Waals surface area contributed by atoms with Crippen LogP contribution >= 0.6 is 0 Å². The Hall–Kier alpha value is -3.79. The number of para-hydroxylation sites is 1. The van der Waals surface area contributed by atoms with Crippen LogP contribution in [0.1, 0.15) is 68.9 Å². The lowest BCUT2D eigenvalue weighted by Crippen LogP contribution is -2.65. The molecule has 0 aromatic heterocycles. The highest BCUT2D eigenvalue weighted by atomic mass is 19.4. The number of carbonyl (C=O) groups excluding carboxylic acids is 2.